The van der Waals surface area contributed by atoms with E-state index in [0.717, 1.165) is 16.8 Å². The number of benzene rings is 3. The Labute approximate surface area is 166 Å². The molecule has 4 nitrogen and oxygen atoms in total. The second kappa shape index (κ2) is 10.3. The molecule has 2 N–H and O–H groups in total. The summed E-state index contributed by atoms with van der Waals surface area (Å²) in [6.07, 6.45) is -0.348. The molecule has 1 atom stereocenters. The maximum absolute atomic E-state index is 12.9. The lowest BCUT2D eigenvalue weighted by Gasteiger charge is -2.26. The normalized spacial score (nSPS) is 11.6. The van der Waals surface area contributed by atoms with Gasteiger partial charge in [-0.25, -0.2) is 0 Å². The van der Waals surface area contributed by atoms with Crippen LogP contribution in [-0.4, -0.2) is 29.0 Å². The molecule has 0 fully saturated rings. The van der Waals surface area contributed by atoms with Crippen LogP contribution in [0.5, 0.6) is 0 Å². The van der Waals surface area contributed by atoms with E-state index in [-0.39, 0.29) is 12.5 Å². The van der Waals surface area contributed by atoms with Gasteiger partial charge in [0.15, 0.2) is 0 Å². The van der Waals surface area contributed by atoms with Gasteiger partial charge in [0.05, 0.1) is 12.6 Å². The minimum Gasteiger partial charge on any atom is -0.387 e. The van der Waals surface area contributed by atoms with Crippen molar-refractivity contribution in [2.75, 3.05) is 18.4 Å². The highest BCUT2D eigenvalue weighted by atomic mass is 16.3. The second-order valence-electron chi connectivity index (χ2n) is 6.73. The number of carbonyl (C=O) groups is 1. The highest BCUT2D eigenvalue weighted by Crippen LogP contribution is 2.16. The van der Waals surface area contributed by atoms with Crippen molar-refractivity contribution in [1.29, 1.82) is 0 Å². The molecule has 0 spiro atoms. The van der Waals surface area contributed by atoms with E-state index in [1.807, 2.05) is 91.0 Å². The highest BCUT2D eigenvalue weighted by molar-refractivity contribution is 5.76. The van der Waals surface area contributed by atoms with Crippen LogP contribution in [0.25, 0.3) is 0 Å². The van der Waals surface area contributed by atoms with Gasteiger partial charge in [-0.05, 0) is 23.3 Å². The minimum absolute atomic E-state index is 0.0160. The SMILES string of the molecule is O=C(CCNc1ccccc1)N(Cc1ccccc1)CC(O)c1ccccc1. The van der Waals surface area contributed by atoms with Crippen molar-refractivity contribution in [2.24, 2.45) is 0 Å². The van der Waals surface area contributed by atoms with Crippen LogP contribution < -0.4 is 5.32 Å². The van der Waals surface area contributed by atoms with Gasteiger partial charge in [0.25, 0.3) is 0 Å². The first kappa shape index (κ1) is 19.6. The number of nitrogens with zero attached hydrogens (tertiary/aromatic N) is 1. The molecule has 0 aromatic heterocycles. The van der Waals surface area contributed by atoms with Crippen molar-refractivity contribution in [3.63, 3.8) is 0 Å². The average Bonchev–Trinajstić information content (AvgIpc) is 2.75. The fraction of sp³-hybridized carbons (Fsp3) is 0.208. The molecule has 0 saturated carbocycles. The maximum Gasteiger partial charge on any atom is 0.224 e. The van der Waals surface area contributed by atoms with Crippen molar-refractivity contribution in [3.8, 4) is 0 Å². The van der Waals surface area contributed by atoms with Crippen LogP contribution in [-0.2, 0) is 11.3 Å². The summed E-state index contributed by atoms with van der Waals surface area (Å²) < 4.78 is 0. The van der Waals surface area contributed by atoms with E-state index in [4.69, 9.17) is 0 Å². The molecule has 28 heavy (non-hydrogen) atoms. The fourth-order valence-corrected chi connectivity index (χ4v) is 3.08. The van der Waals surface area contributed by atoms with E-state index >= 15 is 0 Å². The third-order valence-corrected chi connectivity index (χ3v) is 4.59. The summed E-state index contributed by atoms with van der Waals surface area (Å²) in [4.78, 5) is 14.6. The standard InChI is InChI=1S/C24H26N2O2/c27-23(21-12-6-2-7-13-21)19-26(18-20-10-4-1-5-11-20)24(28)16-17-25-22-14-8-3-9-15-22/h1-15,23,25,27H,16-19H2. The lowest BCUT2D eigenvalue weighted by molar-refractivity contribution is -0.133. The van der Waals surface area contributed by atoms with Crippen molar-refractivity contribution in [1.82, 2.24) is 4.90 Å². The predicted molar refractivity (Wildman–Crippen MR) is 113 cm³/mol. The Morgan fingerprint density at radius 1 is 0.857 bits per heavy atom. The molecule has 0 aliphatic rings. The highest BCUT2D eigenvalue weighted by Gasteiger charge is 2.19. The summed E-state index contributed by atoms with van der Waals surface area (Å²) in [6, 6.07) is 29.2. The Hall–Kier alpha value is -3.11. The summed E-state index contributed by atoms with van der Waals surface area (Å²) in [6.45, 7) is 1.30. The Morgan fingerprint density at radius 2 is 1.43 bits per heavy atom. The third-order valence-electron chi connectivity index (χ3n) is 4.59. The van der Waals surface area contributed by atoms with Gasteiger partial charge in [0.2, 0.25) is 5.91 Å². The predicted octanol–water partition coefficient (Wildman–Crippen LogP) is 4.25. The lowest BCUT2D eigenvalue weighted by atomic mass is 10.1. The van der Waals surface area contributed by atoms with Crippen LogP contribution in [0.1, 0.15) is 23.7 Å². The van der Waals surface area contributed by atoms with Crippen LogP contribution in [0, 0.1) is 0 Å². The molecule has 1 unspecified atom stereocenters. The molecule has 1 amide bonds. The maximum atomic E-state index is 12.9. The van der Waals surface area contributed by atoms with E-state index in [0.29, 0.717) is 19.5 Å². The van der Waals surface area contributed by atoms with Gasteiger partial charge < -0.3 is 15.3 Å². The molecule has 3 aromatic rings. The molecule has 0 bridgehead atoms. The minimum atomic E-state index is -0.712. The number of hydrogen-bond donors (Lipinski definition) is 2. The molecule has 0 aliphatic carbocycles. The van der Waals surface area contributed by atoms with Crippen LogP contribution in [0.3, 0.4) is 0 Å². The molecule has 4 heteroatoms. The number of amides is 1. The van der Waals surface area contributed by atoms with Gasteiger partial charge in [0.1, 0.15) is 0 Å². The Morgan fingerprint density at radius 3 is 2.07 bits per heavy atom. The quantitative estimate of drug-likeness (QED) is 0.589. The van der Waals surface area contributed by atoms with Crippen LogP contribution >= 0.6 is 0 Å². The number of rotatable bonds is 9. The molecular weight excluding hydrogens is 348 g/mol. The number of nitrogens with one attached hydrogen (secondary N) is 1. The largest absolute Gasteiger partial charge is 0.387 e. The zero-order valence-corrected chi connectivity index (χ0v) is 15.9. The van der Waals surface area contributed by atoms with Crippen LogP contribution in [0.15, 0.2) is 91.0 Å². The van der Waals surface area contributed by atoms with Crippen LogP contribution in [0.4, 0.5) is 5.69 Å². The summed E-state index contributed by atoms with van der Waals surface area (Å²) in [5.41, 5.74) is 2.86. The zero-order valence-electron chi connectivity index (χ0n) is 15.9. The molecule has 0 saturated heterocycles. The lowest BCUT2D eigenvalue weighted by Crippen LogP contribution is -2.35. The molecular formula is C24H26N2O2. The van der Waals surface area contributed by atoms with E-state index in [2.05, 4.69) is 5.32 Å². The summed E-state index contributed by atoms with van der Waals surface area (Å²) in [7, 11) is 0. The number of aliphatic hydroxyl groups excluding tert-OH is 1. The molecule has 3 rings (SSSR count). The van der Waals surface area contributed by atoms with E-state index in [1.165, 1.54) is 0 Å². The molecule has 0 radical (unpaired) electrons. The topological polar surface area (TPSA) is 52.6 Å². The summed E-state index contributed by atoms with van der Waals surface area (Å²) in [5, 5.41) is 13.9. The first-order chi connectivity index (χ1) is 13.7. The number of aliphatic hydroxyl groups is 1. The monoisotopic (exact) mass is 374 g/mol. The second-order valence-corrected chi connectivity index (χ2v) is 6.73. The van der Waals surface area contributed by atoms with E-state index in [1.54, 1.807) is 4.90 Å². The summed E-state index contributed by atoms with van der Waals surface area (Å²) in [5.74, 6) is 0.0160. The van der Waals surface area contributed by atoms with Crippen molar-refractivity contribution in [3.05, 3.63) is 102 Å². The number of para-hydroxylation sites is 1. The third kappa shape index (κ3) is 5.96. The van der Waals surface area contributed by atoms with E-state index < -0.39 is 6.10 Å². The van der Waals surface area contributed by atoms with Crippen LogP contribution in [0.2, 0.25) is 0 Å². The van der Waals surface area contributed by atoms with Gasteiger partial charge in [-0.1, -0.05) is 78.9 Å². The first-order valence-corrected chi connectivity index (χ1v) is 9.56. The number of anilines is 1. The van der Waals surface area contributed by atoms with Gasteiger partial charge in [-0.3, -0.25) is 4.79 Å². The Kier molecular flexibility index (Phi) is 7.21. The molecule has 0 aliphatic heterocycles. The smallest absolute Gasteiger partial charge is 0.224 e. The van der Waals surface area contributed by atoms with Crippen molar-refractivity contribution in [2.45, 2.75) is 19.1 Å². The molecule has 0 heterocycles. The molecule has 144 valence electrons. The van der Waals surface area contributed by atoms with Crippen molar-refractivity contribution < 1.29 is 9.90 Å². The van der Waals surface area contributed by atoms with Gasteiger partial charge in [-0.15, -0.1) is 0 Å². The fourth-order valence-electron chi connectivity index (χ4n) is 3.08. The van der Waals surface area contributed by atoms with Gasteiger partial charge in [-0.2, -0.15) is 0 Å². The van der Waals surface area contributed by atoms with Crippen molar-refractivity contribution >= 4 is 11.6 Å². The average molecular weight is 374 g/mol. The first-order valence-electron chi connectivity index (χ1n) is 9.56. The Bertz CT molecular complexity index is 838. The van der Waals surface area contributed by atoms with Gasteiger partial charge >= 0.3 is 0 Å². The summed E-state index contributed by atoms with van der Waals surface area (Å²) >= 11 is 0. The van der Waals surface area contributed by atoms with Gasteiger partial charge in [0, 0.05) is 25.2 Å². The zero-order chi connectivity index (χ0) is 19.6. The Balaban J connectivity index is 1.63. The number of hydrogen-bond acceptors (Lipinski definition) is 3. The van der Waals surface area contributed by atoms with E-state index in [9.17, 15) is 9.90 Å². The molecule has 3 aromatic carbocycles. The number of carbonyl (C=O) groups excluding carboxylic acids is 1.